The molecule has 1 aliphatic rings. The van der Waals surface area contributed by atoms with Gasteiger partial charge in [0.05, 0.1) is 18.5 Å². The highest BCUT2D eigenvalue weighted by Crippen LogP contribution is 2.26. The number of nitrogens with zero attached hydrogens (tertiary/aromatic N) is 4. The molecule has 1 atom stereocenters. The molecule has 1 saturated heterocycles. The Morgan fingerprint density at radius 1 is 1.25 bits per heavy atom. The third-order valence-corrected chi connectivity index (χ3v) is 5.27. The van der Waals surface area contributed by atoms with Crippen molar-refractivity contribution in [2.45, 2.75) is 19.4 Å². The van der Waals surface area contributed by atoms with Crippen LogP contribution in [0.4, 0.5) is 5.95 Å². The maximum Gasteiger partial charge on any atom is 0.225 e. The number of aromatic nitrogens is 3. The summed E-state index contributed by atoms with van der Waals surface area (Å²) in [7, 11) is 1.68. The van der Waals surface area contributed by atoms with Gasteiger partial charge in [0.2, 0.25) is 11.9 Å². The van der Waals surface area contributed by atoms with Crippen LogP contribution in [0.1, 0.15) is 12.8 Å². The fraction of sp³-hybridized carbons (Fsp3) is 0.381. The van der Waals surface area contributed by atoms with E-state index in [4.69, 9.17) is 4.74 Å². The fourth-order valence-electron chi connectivity index (χ4n) is 3.84. The Hall–Kier alpha value is -3.09. The zero-order valence-corrected chi connectivity index (χ0v) is 16.0. The molecular formula is C21H25N5O2. The highest BCUT2D eigenvalue weighted by atomic mass is 16.5. The molecule has 0 saturated carbocycles. The first-order valence-electron chi connectivity index (χ1n) is 9.68. The molecule has 0 bridgehead atoms. The van der Waals surface area contributed by atoms with E-state index < -0.39 is 0 Å². The minimum atomic E-state index is -0.0287. The summed E-state index contributed by atoms with van der Waals surface area (Å²) in [5.41, 5.74) is 1.11. The van der Waals surface area contributed by atoms with Crippen LogP contribution < -0.4 is 15.0 Å². The zero-order chi connectivity index (χ0) is 19.3. The maximum atomic E-state index is 12.7. The van der Waals surface area contributed by atoms with E-state index in [1.807, 2.05) is 18.3 Å². The number of methoxy groups -OCH3 is 1. The molecule has 2 aromatic heterocycles. The highest BCUT2D eigenvalue weighted by Gasteiger charge is 2.26. The smallest absolute Gasteiger partial charge is 0.225 e. The Kier molecular flexibility index (Phi) is 5.41. The standard InChI is InChI=1S/C21H25N5O2/c1-28-19-7-2-6-18-17(19)8-13-25(18)14-11-22-20(27)16-5-3-12-26(15-16)21-23-9-4-10-24-21/h2,4,6-10,13,16H,3,5,11-12,14-15H2,1H3,(H,22,27). The molecule has 7 heteroatoms. The lowest BCUT2D eigenvalue weighted by Gasteiger charge is -2.31. The summed E-state index contributed by atoms with van der Waals surface area (Å²) < 4.78 is 7.55. The molecule has 0 aliphatic carbocycles. The first-order chi connectivity index (χ1) is 13.8. The van der Waals surface area contributed by atoms with E-state index in [-0.39, 0.29) is 11.8 Å². The molecule has 146 valence electrons. The second kappa shape index (κ2) is 8.29. The monoisotopic (exact) mass is 379 g/mol. The maximum absolute atomic E-state index is 12.7. The number of hydrogen-bond acceptors (Lipinski definition) is 5. The van der Waals surface area contributed by atoms with Gasteiger partial charge in [0.25, 0.3) is 0 Å². The van der Waals surface area contributed by atoms with Crippen molar-refractivity contribution in [1.82, 2.24) is 19.9 Å². The first kappa shape index (κ1) is 18.3. The summed E-state index contributed by atoms with van der Waals surface area (Å²) in [5, 5.41) is 4.18. The predicted octanol–water partition coefficient (Wildman–Crippen LogP) is 2.47. The van der Waals surface area contributed by atoms with Crippen LogP contribution in [0.5, 0.6) is 5.75 Å². The van der Waals surface area contributed by atoms with Crippen molar-refractivity contribution >= 4 is 22.8 Å². The molecule has 0 radical (unpaired) electrons. The van der Waals surface area contributed by atoms with E-state index in [0.717, 1.165) is 42.6 Å². The molecule has 1 aromatic carbocycles. The van der Waals surface area contributed by atoms with Gasteiger partial charge in [-0.15, -0.1) is 0 Å². The van der Waals surface area contributed by atoms with E-state index in [9.17, 15) is 4.79 Å². The van der Waals surface area contributed by atoms with E-state index >= 15 is 0 Å². The van der Waals surface area contributed by atoms with Crippen LogP contribution in [0, 0.1) is 5.92 Å². The lowest BCUT2D eigenvalue weighted by atomic mass is 9.97. The Labute approximate surface area is 164 Å². The van der Waals surface area contributed by atoms with Crippen molar-refractivity contribution in [1.29, 1.82) is 0 Å². The topological polar surface area (TPSA) is 72.3 Å². The van der Waals surface area contributed by atoms with Crippen molar-refractivity contribution in [2.24, 2.45) is 5.92 Å². The number of ether oxygens (including phenoxy) is 1. The molecule has 3 aromatic rings. The van der Waals surface area contributed by atoms with Crippen LogP contribution in [-0.4, -0.2) is 47.2 Å². The van der Waals surface area contributed by atoms with Crippen LogP contribution in [0.25, 0.3) is 10.9 Å². The Morgan fingerprint density at radius 3 is 2.93 bits per heavy atom. The minimum absolute atomic E-state index is 0.0287. The van der Waals surface area contributed by atoms with Gasteiger partial charge in [-0.05, 0) is 37.1 Å². The van der Waals surface area contributed by atoms with Crippen molar-refractivity contribution in [3.05, 3.63) is 48.9 Å². The molecule has 1 unspecified atom stereocenters. The number of amides is 1. The molecule has 4 rings (SSSR count). The molecule has 1 fully saturated rings. The van der Waals surface area contributed by atoms with Gasteiger partial charge < -0.3 is 19.5 Å². The number of benzene rings is 1. The summed E-state index contributed by atoms with van der Waals surface area (Å²) in [5.74, 6) is 1.65. The van der Waals surface area contributed by atoms with E-state index in [1.165, 1.54) is 0 Å². The normalized spacial score (nSPS) is 16.9. The highest BCUT2D eigenvalue weighted by molar-refractivity contribution is 5.86. The molecule has 1 aliphatic heterocycles. The number of carbonyl (C=O) groups is 1. The third kappa shape index (κ3) is 3.78. The van der Waals surface area contributed by atoms with Crippen LogP contribution in [-0.2, 0) is 11.3 Å². The second-order valence-electron chi connectivity index (χ2n) is 7.03. The zero-order valence-electron chi connectivity index (χ0n) is 16.0. The van der Waals surface area contributed by atoms with Crippen LogP contribution >= 0.6 is 0 Å². The van der Waals surface area contributed by atoms with Crippen molar-refractivity contribution in [3.8, 4) is 5.75 Å². The minimum Gasteiger partial charge on any atom is -0.496 e. The summed E-state index contributed by atoms with van der Waals surface area (Å²) in [6.45, 7) is 2.88. The van der Waals surface area contributed by atoms with Crippen molar-refractivity contribution < 1.29 is 9.53 Å². The molecular weight excluding hydrogens is 354 g/mol. The molecule has 0 spiro atoms. The molecule has 28 heavy (non-hydrogen) atoms. The second-order valence-corrected chi connectivity index (χ2v) is 7.03. The number of piperidine rings is 1. The lowest BCUT2D eigenvalue weighted by molar-refractivity contribution is -0.125. The molecule has 3 heterocycles. The third-order valence-electron chi connectivity index (χ3n) is 5.27. The Morgan fingerprint density at radius 2 is 2.11 bits per heavy atom. The number of nitrogens with one attached hydrogen (secondary N) is 1. The SMILES string of the molecule is COc1cccc2c1ccn2CCNC(=O)C1CCCN(c2ncccn2)C1. The number of rotatable bonds is 6. The Balaban J connectivity index is 1.33. The number of carbonyl (C=O) groups excluding carboxylic acids is 1. The average Bonchev–Trinajstić information content (AvgIpc) is 3.17. The fourth-order valence-corrected chi connectivity index (χ4v) is 3.84. The van der Waals surface area contributed by atoms with Gasteiger partial charge in [-0.3, -0.25) is 4.79 Å². The van der Waals surface area contributed by atoms with Gasteiger partial charge in [-0.2, -0.15) is 0 Å². The molecule has 7 nitrogen and oxygen atoms in total. The summed E-state index contributed by atoms with van der Waals surface area (Å²) in [6.07, 6.45) is 7.39. The lowest BCUT2D eigenvalue weighted by Crippen LogP contribution is -2.44. The largest absolute Gasteiger partial charge is 0.496 e. The number of fused-ring (bicyclic) bond motifs is 1. The van der Waals surface area contributed by atoms with Crippen LogP contribution in [0.2, 0.25) is 0 Å². The Bertz CT molecular complexity index is 940. The summed E-state index contributed by atoms with van der Waals surface area (Å²) in [4.78, 5) is 23.4. The average molecular weight is 379 g/mol. The van der Waals surface area contributed by atoms with Crippen LogP contribution in [0.3, 0.4) is 0 Å². The van der Waals surface area contributed by atoms with Gasteiger partial charge in [0, 0.05) is 50.2 Å². The van der Waals surface area contributed by atoms with E-state index in [2.05, 4.69) is 36.9 Å². The van der Waals surface area contributed by atoms with Gasteiger partial charge in [0.1, 0.15) is 5.75 Å². The molecule has 1 amide bonds. The summed E-state index contributed by atoms with van der Waals surface area (Å²) in [6, 6.07) is 9.86. The number of hydrogen-bond donors (Lipinski definition) is 1. The summed E-state index contributed by atoms with van der Waals surface area (Å²) >= 11 is 0. The van der Waals surface area contributed by atoms with Gasteiger partial charge >= 0.3 is 0 Å². The first-order valence-corrected chi connectivity index (χ1v) is 9.68. The van der Waals surface area contributed by atoms with E-state index in [0.29, 0.717) is 19.0 Å². The van der Waals surface area contributed by atoms with Gasteiger partial charge in [-0.25, -0.2) is 9.97 Å². The molecule has 1 N–H and O–H groups in total. The van der Waals surface area contributed by atoms with Crippen molar-refractivity contribution in [2.75, 3.05) is 31.6 Å². The predicted molar refractivity (Wildman–Crippen MR) is 108 cm³/mol. The van der Waals surface area contributed by atoms with Crippen LogP contribution in [0.15, 0.2) is 48.9 Å². The quantitative estimate of drug-likeness (QED) is 0.712. The number of anilines is 1. The van der Waals surface area contributed by atoms with Gasteiger partial charge in [0.15, 0.2) is 0 Å². The van der Waals surface area contributed by atoms with Crippen molar-refractivity contribution in [3.63, 3.8) is 0 Å². The van der Waals surface area contributed by atoms with E-state index in [1.54, 1.807) is 25.6 Å². The van der Waals surface area contributed by atoms with Gasteiger partial charge in [-0.1, -0.05) is 6.07 Å².